The van der Waals surface area contributed by atoms with Crippen molar-refractivity contribution >= 4 is 29.0 Å². The minimum Gasteiger partial charge on any atom is -0.493 e. The number of rotatable bonds is 8. The molecule has 0 aromatic heterocycles. The van der Waals surface area contributed by atoms with Gasteiger partial charge in [0.05, 0.1) is 32.4 Å². The maximum absolute atomic E-state index is 12.0. The Morgan fingerprint density at radius 3 is 2.41 bits per heavy atom. The summed E-state index contributed by atoms with van der Waals surface area (Å²) >= 11 is 5.51. The third-order valence-corrected chi connectivity index (χ3v) is 4.74. The van der Waals surface area contributed by atoms with E-state index in [1.54, 1.807) is 33.3 Å². The highest BCUT2D eigenvalue weighted by atomic mass is 32.1. The lowest BCUT2D eigenvalue weighted by molar-refractivity contribution is 0.0526. The van der Waals surface area contributed by atoms with Crippen LogP contribution < -0.4 is 20.1 Å². The van der Waals surface area contributed by atoms with Crippen LogP contribution in [0.4, 0.5) is 5.69 Å². The first-order valence-corrected chi connectivity index (χ1v) is 9.91. The highest BCUT2D eigenvalue weighted by Crippen LogP contribution is 2.31. The molecule has 0 aliphatic rings. The van der Waals surface area contributed by atoms with Gasteiger partial charge in [-0.25, -0.2) is 4.79 Å². The lowest BCUT2D eigenvalue weighted by Crippen LogP contribution is -2.32. The van der Waals surface area contributed by atoms with Crippen LogP contribution >= 0.6 is 12.2 Å². The van der Waals surface area contributed by atoms with Crippen molar-refractivity contribution in [2.24, 2.45) is 0 Å². The van der Waals surface area contributed by atoms with Gasteiger partial charge in [0.2, 0.25) is 0 Å². The topological polar surface area (TPSA) is 68.8 Å². The Bertz CT molecular complexity index is 870. The number of anilines is 1. The van der Waals surface area contributed by atoms with Crippen molar-refractivity contribution in [3.05, 3.63) is 53.1 Å². The zero-order valence-electron chi connectivity index (χ0n) is 17.5. The average Bonchev–Trinajstić information content (AvgIpc) is 2.73. The van der Waals surface area contributed by atoms with E-state index in [-0.39, 0.29) is 12.0 Å². The minimum atomic E-state index is -0.355. The fraction of sp³-hybridized carbons (Fsp3) is 0.364. The van der Waals surface area contributed by atoms with E-state index in [2.05, 4.69) is 17.6 Å². The van der Waals surface area contributed by atoms with Crippen LogP contribution in [0.2, 0.25) is 0 Å². The molecule has 0 spiro atoms. The Kier molecular flexibility index (Phi) is 8.27. The van der Waals surface area contributed by atoms with E-state index in [4.69, 9.17) is 26.4 Å². The molecule has 2 N–H and O–H groups in total. The first-order chi connectivity index (χ1) is 13.9. The molecule has 6 nitrogen and oxygen atoms in total. The highest BCUT2D eigenvalue weighted by molar-refractivity contribution is 7.80. The number of thiocarbonyl (C=S) groups is 1. The van der Waals surface area contributed by atoms with Crippen LogP contribution in [0.1, 0.15) is 47.8 Å². The van der Waals surface area contributed by atoms with E-state index in [9.17, 15) is 4.79 Å². The molecule has 0 saturated carbocycles. The maximum Gasteiger partial charge on any atom is 0.338 e. The van der Waals surface area contributed by atoms with Crippen LogP contribution in [-0.2, 0) is 4.74 Å². The predicted octanol–water partition coefficient (Wildman–Crippen LogP) is 4.63. The number of aryl methyl sites for hydroxylation is 1. The molecule has 0 unspecified atom stereocenters. The Hall–Kier alpha value is -2.80. The molecule has 0 heterocycles. The molecule has 2 rings (SSSR count). The SMILES string of the molecule is CCOC(=O)c1ccc(C)c(NC(=S)N[C@H](CC)c2ccc(OC)c(OC)c2)c1. The molecular formula is C22H28N2O4S. The van der Waals surface area contributed by atoms with Gasteiger partial charge in [-0.1, -0.05) is 19.1 Å². The van der Waals surface area contributed by atoms with E-state index in [1.807, 2.05) is 31.2 Å². The van der Waals surface area contributed by atoms with Gasteiger partial charge in [0.1, 0.15) is 0 Å². The first kappa shape index (κ1) is 22.5. The van der Waals surface area contributed by atoms with Gasteiger partial charge in [-0.15, -0.1) is 0 Å². The number of hydrogen-bond acceptors (Lipinski definition) is 5. The summed E-state index contributed by atoms with van der Waals surface area (Å²) in [5.41, 5.74) is 3.25. The third-order valence-electron chi connectivity index (χ3n) is 4.52. The molecule has 0 radical (unpaired) electrons. The largest absolute Gasteiger partial charge is 0.493 e. The Morgan fingerprint density at radius 2 is 1.79 bits per heavy atom. The number of ether oxygens (including phenoxy) is 3. The molecule has 0 saturated heterocycles. The van der Waals surface area contributed by atoms with Crippen molar-refractivity contribution < 1.29 is 19.0 Å². The third kappa shape index (κ3) is 5.84. The summed E-state index contributed by atoms with van der Waals surface area (Å²) in [7, 11) is 3.22. The summed E-state index contributed by atoms with van der Waals surface area (Å²) in [6.07, 6.45) is 0.819. The molecule has 1 atom stereocenters. The quantitative estimate of drug-likeness (QED) is 0.480. The number of carbonyl (C=O) groups excluding carboxylic acids is 1. The van der Waals surface area contributed by atoms with Crippen LogP contribution in [0.3, 0.4) is 0 Å². The van der Waals surface area contributed by atoms with Crippen molar-refractivity contribution in [1.82, 2.24) is 5.32 Å². The van der Waals surface area contributed by atoms with Gasteiger partial charge < -0.3 is 24.8 Å². The molecule has 7 heteroatoms. The van der Waals surface area contributed by atoms with Crippen molar-refractivity contribution in [1.29, 1.82) is 0 Å². The van der Waals surface area contributed by atoms with Gasteiger partial charge in [-0.05, 0) is 67.9 Å². The molecule has 0 amide bonds. The Morgan fingerprint density at radius 1 is 1.07 bits per heavy atom. The number of carbonyl (C=O) groups is 1. The Balaban J connectivity index is 2.15. The summed E-state index contributed by atoms with van der Waals surface area (Å²) in [4.78, 5) is 12.0. The van der Waals surface area contributed by atoms with Crippen molar-refractivity contribution in [2.45, 2.75) is 33.2 Å². The van der Waals surface area contributed by atoms with Gasteiger partial charge in [-0.3, -0.25) is 0 Å². The molecule has 29 heavy (non-hydrogen) atoms. The standard InChI is InChI=1S/C22H28N2O4S/c1-6-17(15-10-11-19(26-4)20(13-15)27-5)23-22(29)24-18-12-16(9-8-14(18)3)21(25)28-7-2/h8-13,17H,6-7H2,1-5H3,(H2,23,24,29)/t17-/m1/s1. The van der Waals surface area contributed by atoms with Crippen LogP contribution in [0.5, 0.6) is 11.5 Å². The summed E-state index contributed by atoms with van der Waals surface area (Å²) in [6.45, 7) is 6.14. The summed E-state index contributed by atoms with van der Waals surface area (Å²) < 4.78 is 15.8. The fourth-order valence-electron chi connectivity index (χ4n) is 2.91. The molecule has 0 bridgehead atoms. The van der Waals surface area contributed by atoms with E-state index in [0.717, 1.165) is 23.2 Å². The number of hydrogen-bond donors (Lipinski definition) is 2. The van der Waals surface area contributed by atoms with E-state index in [1.165, 1.54) is 0 Å². The molecule has 0 fully saturated rings. The Labute approximate surface area is 177 Å². The lowest BCUT2D eigenvalue weighted by Gasteiger charge is -2.22. The van der Waals surface area contributed by atoms with Crippen LogP contribution in [0.15, 0.2) is 36.4 Å². The smallest absolute Gasteiger partial charge is 0.338 e. The highest BCUT2D eigenvalue weighted by Gasteiger charge is 2.15. The molecule has 0 aliphatic heterocycles. The number of benzene rings is 2. The zero-order valence-corrected chi connectivity index (χ0v) is 18.3. The normalized spacial score (nSPS) is 11.3. The van der Waals surface area contributed by atoms with Gasteiger partial charge in [0.25, 0.3) is 0 Å². The second-order valence-corrected chi connectivity index (χ2v) is 6.83. The van der Waals surface area contributed by atoms with Crippen molar-refractivity contribution in [2.75, 3.05) is 26.1 Å². The number of methoxy groups -OCH3 is 2. The fourth-order valence-corrected chi connectivity index (χ4v) is 3.16. The first-order valence-electron chi connectivity index (χ1n) is 9.50. The van der Waals surface area contributed by atoms with E-state index < -0.39 is 0 Å². The monoisotopic (exact) mass is 416 g/mol. The molecule has 0 aliphatic carbocycles. The molecule has 2 aromatic rings. The second-order valence-electron chi connectivity index (χ2n) is 6.42. The maximum atomic E-state index is 12.0. The number of nitrogens with one attached hydrogen (secondary N) is 2. The molecular weight excluding hydrogens is 388 g/mol. The van der Waals surface area contributed by atoms with Gasteiger partial charge in [0, 0.05) is 5.69 Å². The molecule has 156 valence electrons. The zero-order chi connectivity index (χ0) is 21.4. The van der Waals surface area contributed by atoms with Gasteiger partial charge in [0.15, 0.2) is 16.6 Å². The summed E-state index contributed by atoms with van der Waals surface area (Å²) in [6, 6.07) is 11.1. The van der Waals surface area contributed by atoms with Crippen LogP contribution in [-0.4, -0.2) is 31.9 Å². The summed E-state index contributed by atoms with van der Waals surface area (Å²) in [5, 5.41) is 6.99. The van der Waals surface area contributed by atoms with Crippen LogP contribution in [0.25, 0.3) is 0 Å². The number of esters is 1. The van der Waals surface area contributed by atoms with Gasteiger partial charge >= 0.3 is 5.97 Å². The minimum absolute atomic E-state index is 0.0108. The average molecular weight is 417 g/mol. The second kappa shape index (κ2) is 10.7. The van der Waals surface area contributed by atoms with E-state index >= 15 is 0 Å². The predicted molar refractivity (Wildman–Crippen MR) is 119 cm³/mol. The van der Waals surface area contributed by atoms with E-state index in [0.29, 0.717) is 28.8 Å². The summed E-state index contributed by atoms with van der Waals surface area (Å²) in [5.74, 6) is 0.992. The lowest BCUT2D eigenvalue weighted by atomic mass is 10.0. The van der Waals surface area contributed by atoms with Crippen molar-refractivity contribution in [3.8, 4) is 11.5 Å². The van der Waals surface area contributed by atoms with Gasteiger partial charge in [-0.2, -0.15) is 0 Å². The molecule has 2 aromatic carbocycles. The van der Waals surface area contributed by atoms with Crippen molar-refractivity contribution in [3.63, 3.8) is 0 Å². The van der Waals surface area contributed by atoms with Crippen LogP contribution in [0, 0.1) is 6.92 Å².